The van der Waals surface area contributed by atoms with Gasteiger partial charge in [0.25, 0.3) is 5.91 Å². The first kappa shape index (κ1) is 15.1. The van der Waals surface area contributed by atoms with Crippen molar-refractivity contribution in [2.45, 2.75) is 6.18 Å². The van der Waals surface area contributed by atoms with Gasteiger partial charge in [0.1, 0.15) is 12.4 Å². The van der Waals surface area contributed by atoms with Crippen molar-refractivity contribution in [1.29, 1.82) is 0 Å². The van der Waals surface area contributed by atoms with Crippen molar-refractivity contribution in [2.75, 3.05) is 26.0 Å². The van der Waals surface area contributed by atoms with Crippen molar-refractivity contribution >= 4 is 22.5 Å². The summed E-state index contributed by atoms with van der Waals surface area (Å²) in [5, 5.41) is 4.14. The summed E-state index contributed by atoms with van der Waals surface area (Å²) in [6, 6.07) is 6.95. The molecule has 1 amide bonds. The maximum absolute atomic E-state index is 12.4. The van der Waals surface area contributed by atoms with Gasteiger partial charge in [0, 0.05) is 25.7 Å². The Morgan fingerprint density at radius 2 is 1.90 bits per heavy atom. The molecular formula is C14H14F3N3O. The fourth-order valence-corrected chi connectivity index (χ4v) is 2.11. The molecule has 1 N–H and O–H groups in total. The lowest BCUT2D eigenvalue weighted by molar-refractivity contribution is -0.138. The lowest BCUT2D eigenvalue weighted by Crippen LogP contribution is -2.36. The van der Waals surface area contributed by atoms with E-state index < -0.39 is 18.6 Å². The number of aromatic nitrogens is 1. The summed E-state index contributed by atoms with van der Waals surface area (Å²) in [5.41, 5.74) is 0.149. The van der Waals surface area contributed by atoms with Crippen LogP contribution in [0, 0.1) is 0 Å². The Bertz CT molecular complexity index is 670. The van der Waals surface area contributed by atoms with E-state index in [4.69, 9.17) is 0 Å². The lowest BCUT2D eigenvalue weighted by atomic mass is 10.1. The molecule has 7 heteroatoms. The number of benzene rings is 1. The molecule has 21 heavy (non-hydrogen) atoms. The number of hydrogen-bond donors (Lipinski definition) is 1. The summed E-state index contributed by atoms with van der Waals surface area (Å²) in [6.07, 6.45) is -3.14. The Morgan fingerprint density at radius 3 is 2.48 bits per heavy atom. The van der Waals surface area contributed by atoms with Crippen LogP contribution in [0.4, 0.5) is 19.0 Å². The third kappa shape index (κ3) is 3.24. The standard InChI is InChI=1S/C14H14F3N3O/c1-18-12-10-6-4-3-5-9(10)11(7-19-12)13(21)20(2)8-14(15,16)17/h3-7H,8H2,1-2H3,(H,18,19). The van der Waals surface area contributed by atoms with Crippen LogP contribution in [0.5, 0.6) is 0 Å². The van der Waals surface area contributed by atoms with Crippen molar-refractivity contribution in [3.63, 3.8) is 0 Å². The third-order valence-corrected chi connectivity index (χ3v) is 3.03. The number of halogens is 3. The van der Waals surface area contributed by atoms with E-state index in [1.807, 2.05) is 0 Å². The molecule has 0 aliphatic rings. The molecule has 0 saturated carbocycles. The van der Waals surface area contributed by atoms with E-state index in [0.717, 1.165) is 7.05 Å². The zero-order chi connectivity index (χ0) is 15.6. The number of pyridine rings is 1. The minimum absolute atomic E-state index is 0.149. The first-order valence-corrected chi connectivity index (χ1v) is 6.21. The molecule has 1 aromatic carbocycles. The predicted octanol–water partition coefficient (Wildman–Crippen LogP) is 2.91. The molecule has 0 aliphatic carbocycles. The molecule has 0 saturated heterocycles. The number of amides is 1. The van der Waals surface area contributed by atoms with Gasteiger partial charge in [-0.05, 0) is 5.39 Å². The molecule has 0 radical (unpaired) electrons. The number of nitrogens with zero attached hydrogens (tertiary/aromatic N) is 2. The molecule has 2 aromatic rings. The zero-order valence-corrected chi connectivity index (χ0v) is 11.5. The van der Waals surface area contributed by atoms with E-state index in [9.17, 15) is 18.0 Å². The van der Waals surface area contributed by atoms with E-state index in [0.29, 0.717) is 21.5 Å². The molecule has 4 nitrogen and oxygen atoms in total. The molecule has 0 aliphatic heterocycles. The monoisotopic (exact) mass is 297 g/mol. The second-order valence-corrected chi connectivity index (χ2v) is 4.59. The molecule has 0 atom stereocenters. The lowest BCUT2D eigenvalue weighted by Gasteiger charge is -2.20. The first-order chi connectivity index (χ1) is 9.83. The number of carbonyl (C=O) groups is 1. The summed E-state index contributed by atoms with van der Waals surface area (Å²) in [4.78, 5) is 16.9. The van der Waals surface area contributed by atoms with E-state index >= 15 is 0 Å². The number of hydrogen-bond acceptors (Lipinski definition) is 3. The number of rotatable bonds is 3. The summed E-state index contributed by atoms with van der Waals surface area (Å²) >= 11 is 0. The summed E-state index contributed by atoms with van der Waals surface area (Å²) in [7, 11) is 2.81. The van der Waals surface area contributed by atoms with Gasteiger partial charge in [-0.25, -0.2) is 4.98 Å². The van der Waals surface area contributed by atoms with Gasteiger partial charge < -0.3 is 10.2 Å². The van der Waals surface area contributed by atoms with Crippen LogP contribution in [-0.2, 0) is 0 Å². The maximum Gasteiger partial charge on any atom is 0.406 e. The molecule has 0 bridgehead atoms. The highest BCUT2D eigenvalue weighted by atomic mass is 19.4. The van der Waals surface area contributed by atoms with Gasteiger partial charge in [0.15, 0.2) is 0 Å². The molecule has 1 heterocycles. The van der Waals surface area contributed by atoms with Gasteiger partial charge in [-0.3, -0.25) is 4.79 Å². The smallest absolute Gasteiger partial charge is 0.373 e. The average Bonchev–Trinajstić information content (AvgIpc) is 2.43. The second kappa shape index (κ2) is 5.59. The number of nitrogens with one attached hydrogen (secondary N) is 1. The Labute approximate surface area is 119 Å². The first-order valence-electron chi connectivity index (χ1n) is 6.21. The fourth-order valence-electron chi connectivity index (χ4n) is 2.11. The minimum Gasteiger partial charge on any atom is -0.373 e. The number of carbonyl (C=O) groups excluding carboxylic acids is 1. The van der Waals surface area contributed by atoms with E-state index in [-0.39, 0.29) is 5.56 Å². The highest BCUT2D eigenvalue weighted by Crippen LogP contribution is 2.25. The van der Waals surface area contributed by atoms with Crippen LogP contribution in [-0.4, -0.2) is 42.6 Å². The van der Waals surface area contributed by atoms with Crippen molar-refractivity contribution in [3.05, 3.63) is 36.0 Å². The normalized spacial score (nSPS) is 11.5. The third-order valence-electron chi connectivity index (χ3n) is 3.03. The van der Waals surface area contributed by atoms with Crippen LogP contribution in [0.25, 0.3) is 10.8 Å². The predicted molar refractivity (Wildman–Crippen MR) is 74.3 cm³/mol. The molecule has 0 fully saturated rings. The van der Waals surface area contributed by atoms with Crippen LogP contribution in [0.15, 0.2) is 30.5 Å². The van der Waals surface area contributed by atoms with Gasteiger partial charge in [-0.1, -0.05) is 24.3 Å². The maximum atomic E-state index is 12.4. The Balaban J connectivity index is 2.45. The Hall–Kier alpha value is -2.31. The SMILES string of the molecule is CNc1ncc(C(=O)N(C)CC(F)(F)F)c2ccccc12. The van der Waals surface area contributed by atoms with Gasteiger partial charge in [-0.2, -0.15) is 13.2 Å². The molecule has 0 unspecified atom stereocenters. The van der Waals surface area contributed by atoms with Crippen LogP contribution in [0.1, 0.15) is 10.4 Å². The average molecular weight is 297 g/mol. The van der Waals surface area contributed by atoms with Gasteiger partial charge in [0.2, 0.25) is 0 Å². The van der Waals surface area contributed by atoms with Crippen molar-refractivity contribution < 1.29 is 18.0 Å². The van der Waals surface area contributed by atoms with Crippen LogP contribution in [0.2, 0.25) is 0 Å². The largest absolute Gasteiger partial charge is 0.406 e. The van der Waals surface area contributed by atoms with E-state index in [1.165, 1.54) is 6.20 Å². The number of fused-ring (bicyclic) bond motifs is 1. The minimum atomic E-state index is -4.43. The van der Waals surface area contributed by atoms with E-state index in [2.05, 4.69) is 10.3 Å². The quantitative estimate of drug-likeness (QED) is 0.947. The number of anilines is 1. The molecule has 2 rings (SSSR count). The summed E-state index contributed by atoms with van der Waals surface area (Å²) in [6.45, 7) is -1.30. The van der Waals surface area contributed by atoms with Crippen molar-refractivity contribution in [1.82, 2.24) is 9.88 Å². The summed E-state index contributed by atoms with van der Waals surface area (Å²) < 4.78 is 37.2. The van der Waals surface area contributed by atoms with E-state index in [1.54, 1.807) is 31.3 Å². The zero-order valence-electron chi connectivity index (χ0n) is 11.5. The van der Waals surface area contributed by atoms with Crippen LogP contribution >= 0.6 is 0 Å². The molecule has 0 spiro atoms. The highest BCUT2D eigenvalue weighted by Gasteiger charge is 2.32. The molecule has 1 aromatic heterocycles. The Morgan fingerprint density at radius 1 is 1.29 bits per heavy atom. The van der Waals surface area contributed by atoms with Crippen LogP contribution < -0.4 is 5.32 Å². The molecule has 112 valence electrons. The Kier molecular flexibility index (Phi) is 4.02. The fraction of sp³-hybridized carbons (Fsp3) is 0.286. The summed E-state index contributed by atoms with van der Waals surface area (Å²) in [5.74, 6) is -0.140. The van der Waals surface area contributed by atoms with Crippen molar-refractivity contribution in [3.8, 4) is 0 Å². The highest BCUT2D eigenvalue weighted by molar-refractivity contribution is 6.09. The van der Waals surface area contributed by atoms with Crippen LogP contribution in [0.3, 0.4) is 0 Å². The van der Waals surface area contributed by atoms with Gasteiger partial charge >= 0.3 is 6.18 Å². The van der Waals surface area contributed by atoms with Gasteiger partial charge in [0.05, 0.1) is 5.56 Å². The topological polar surface area (TPSA) is 45.2 Å². The number of alkyl halides is 3. The van der Waals surface area contributed by atoms with Gasteiger partial charge in [-0.15, -0.1) is 0 Å². The second-order valence-electron chi connectivity index (χ2n) is 4.59. The van der Waals surface area contributed by atoms with Crippen molar-refractivity contribution in [2.24, 2.45) is 0 Å². The molecular weight excluding hydrogens is 283 g/mol.